The third-order valence-electron chi connectivity index (χ3n) is 4.24. The maximum Gasteiger partial charge on any atom is 0.272 e. The van der Waals surface area contributed by atoms with Crippen LogP contribution in [0.4, 0.5) is 0 Å². The van der Waals surface area contributed by atoms with Crippen molar-refractivity contribution in [1.82, 2.24) is 15.5 Å². The summed E-state index contributed by atoms with van der Waals surface area (Å²) in [6.07, 6.45) is 3.55. The SMILES string of the molecule is Cc1ccc2[nH]nc(C(=O)NCC3CCCC(O)C3)c2c1. The average molecular weight is 287 g/mol. The topological polar surface area (TPSA) is 78.0 Å². The van der Waals surface area contributed by atoms with E-state index in [1.54, 1.807) is 0 Å². The number of aliphatic hydroxyl groups is 1. The van der Waals surface area contributed by atoms with E-state index in [-0.39, 0.29) is 12.0 Å². The molecule has 5 nitrogen and oxygen atoms in total. The molecule has 3 N–H and O–H groups in total. The lowest BCUT2D eigenvalue weighted by Crippen LogP contribution is -2.33. The molecular weight excluding hydrogens is 266 g/mol. The van der Waals surface area contributed by atoms with Crippen molar-refractivity contribution in [2.45, 2.75) is 38.7 Å². The summed E-state index contributed by atoms with van der Waals surface area (Å²) in [5.41, 5.74) is 2.43. The minimum Gasteiger partial charge on any atom is -0.393 e. The summed E-state index contributed by atoms with van der Waals surface area (Å²) in [5, 5.41) is 20.5. The van der Waals surface area contributed by atoms with E-state index in [0.717, 1.165) is 42.1 Å². The van der Waals surface area contributed by atoms with Crippen LogP contribution in [-0.4, -0.2) is 33.9 Å². The Kier molecular flexibility index (Phi) is 3.92. The molecule has 1 aliphatic rings. The van der Waals surface area contributed by atoms with Crippen molar-refractivity contribution >= 4 is 16.8 Å². The second kappa shape index (κ2) is 5.85. The summed E-state index contributed by atoms with van der Waals surface area (Å²) >= 11 is 0. The zero-order valence-electron chi connectivity index (χ0n) is 12.2. The van der Waals surface area contributed by atoms with Gasteiger partial charge in [0.15, 0.2) is 5.69 Å². The number of aryl methyl sites for hydroxylation is 1. The Morgan fingerprint density at radius 3 is 3.14 bits per heavy atom. The molecule has 1 fully saturated rings. The maximum absolute atomic E-state index is 12.3. The van der Waals surface area contributed by atoms with Gasteiger partial charge in [-0.15, -0.1) is 0 Å². The van der Waals surface area contributed by atoms with Gasteiger partial charge in [-0.3, -0.25) is 9.89 Å². The zero-order chi connectivity index (χ0) is 14.8. The van der Waals surface area contributed by atoms with E-state index >= 15 is 0 Å². The van der Waals surface area contributed by atoms with Gasteiger partial charge in [0.1, 0.15) is 0 Å². The normalized spacial score (nSPS) is 22.4. The first-order valence-corrected chi connectivity index (χ1v) is 7.54. The molecule has 112 valence electrons. The second-order valence-corrected chi connectivity index (χ2v) is 6.02. The molecule has 1 aromatic carbocycles. The fourth-order valence-corrected chi connectivity index (χ4v) is 3.07. The van der Waals surface area contributed by atoms with Crippen molar-refractivity contribution in [3.05, 3.63) is 29.5 Å². The molecule has 0 bridgehead atoms. The fourth-order valence-electron chi connectivity index (χ4n) is 3.07. The summed E-state index contributed by atoms with van der Waals surface area (Å²) in [7, 11) is 0. The molecule has 1 aliphatic carbocycles. The van der Waals surface area contributed by atoms with Gasteiger partial charge in [0.25, 0.3) is 5.91 Å². The number of hydrogen-bond donors (Lipinski definition) is 3. The summed E-state index contributed by atoms with van der Waals surface area (Å²) in [6.45, 7) is 2.60. The fraction of sp³-hybridized carbons (Fsp3) is 0.500. The van der Waals surface area contributed by atoms with Crippen molar-refractivity contribution in [2.24, 2.45) is 5.92 Å². The highest BCUT2D eigenvalue weighted by molar-refractivity contribution is 6.04. The van der Waals surface area contributed by atoms with E-state index in [1.165, 1.54) is 0 Å². The van der Waals surface area contributed by atoms with Gasteiger partial charge in [-0.05, 0) is 44.2 Å². The van der Waals surface area contributed by atoms with Gasteiger partial charge < -0.3 is 10.4 Å². The number of aromatic nitrogens is 2. The lowest BCUT2D eigenvalue weighted by Gasteiger charge is -2.25. The molecular formula is C16H21N3O2. The Hall–Kier alpha value is -1.88. The summed E-state index contributed by atoms with van der Waals surface area (Å²) in [6, 6.07) is 5.90. The summed E-state index contributed by atoms with van der Waals surface area (Å²) in [4.78, 5) is 12.3. The number of carbonyl (C=O) groups is 1. The average Bonchev–Trinajstić information content (AvgIpc) is 2.88. The van der Waals surface area contributed by atoms with Crippen LogP contribution < -0.4 is 5.32 Å². The Labute approximate surface area is 123 Å². The van der Waals surface area contributed by atoms with Crippen LogP contribution in [0, 0.1) is 12.8 Å². The number of nitrogens with zero attached hydrogens (tertiary/aromatic N) is 1. The van der Waals surface area contributed by atoms with Gasteiger partial charge in [-0.25, -0.2) is 0 Å². The standard InChI is InChI=1S/C16H21N3O2/c1-10-5-6-14-13(7-10)15(19-18-14)16(21)17-9-11-3-2-4-12(20)8-11/h5-7,11-12,20H,2-4,8-9H2,1H3,(H,17,21)(H,18,19). The largest absolute Gasteiger partial charge is 0.393 e. The summed E-state index contributed by atoms with van der Waals surface area (Å²) < 4.78 is 0. The molecule has 2 atom stereocenters. The first kappa shape index (κ1) is 14.1. The molecule has 1 aromatic heterocycles. The third-order valence-corrected chi connectivity index (χ3v) is 4.24. The number of amides is 1. The molecule has 5 heteroatoms. The van der Waals surface area contributed by atoms with Crippen LogP contribution in [0.1, 0.15) is 41.7 Å². The Bertz CT molecular complexity index is 650. The number of fused-ring (bicyclic) bond motifs is 1. The van der Waals surface area contributed by atoms with Crippen molar-refractivity contribution in [3.8, 4) is 0 Å². The Balaban J connectivity index is 1.68. The van der Waals surface area contributed by atoms with Crippen molar-refractivity contribution in [3.63, 3.8) is 0 Å². The van der Waals surface area contributed by atoms with E-state index in [4.69, 9.17) is 0 Å². The van der Waals surface area contributed by atoms with Gasteiger partial charge in [-0.1, -0.05) is 18.1 Å². The number of rotatable bonds is 3. The molecule has 0 aliphatic heterocycles. The van der Waals surface area contributed by atoms with E-state index in [9.17, 15) is 9.90 Å². The van der Waals surface area contributed by atoms with Crippen LogP contribution >= 0.6 is 0 Å². The first-order chi connectivity index (χ1) is 10.1. The predicted octanol–water partition coefficient (Wildman–Crippen LogP) is 2.15. The quantitative estimate of drug-likeness (QED) is 0.809. The third kappa shape index (κ3) is 3.08. The number of aliphatic hydroxyl groups excluding tert-OH is 1. The number of benzene rings is 1. The van der Waals surface area contributed by atoms with E-state index < -0.39 is 0 Å². The lowest BCUT2D eigenvalue weighted by molar-refractivity contribution is 0.0871. The van der Waals surface area contributed by atoms with Crippen molar-refractivity contribution in [1.29, 1.82) is 0 Å². The van der Waals surface area contributed by atoms with Gasteiger partial charge in [-0.2, -0.15) is 5.10 Å². The minimum atomic E-state index is -0.213. The van der Waals surface area contributed by atoms with Crippen LogP contribution in [0.2, 0.25) is 0 Å². The van der Waals surface area contributed by atoms with Crippen LogP contribution in [-0.2, 0) is 0 Å². The van der Waals surface area contributed by atoms with Gasteiger partial charge in [0.05, 0.1) is 11.6 Å². The minimum absolute atomic E-state index is 0.146. The van der Waals surface area contributed by atoms with Crippen LogP contribution in [0.25, 0.3) is 10.9 Å². The maximum atomic E-state index is 12.3. The van der Waals surface area contributed by atoms with E-state index in [2.05, 4.69) is 15.5 Å². The molecule has 1 amide bonds. The monoisotopic (exact) mass is 287 g/mol. The lowest BCUT2D eigenvalue weighted by atomic mass is 9.87. The highest BCUT2D eigenvalue weighted by atomic mass is 16.3. The van der Waals surface area contributed by atoms with E-state index in [0.29, 0.717) is 18.2 Å². The first-order valence-electron chi connectivity index (χ1n) is 7.54. The number of H-pyrrole nitrogens is 1. The highest BCUT2D eigenvalue weighted by Crippen LogP contribution is 2.24. The molecule has 0 saturated heterocycles. The molecule has 0 radical (unpaired) electrons. The number of hydrogen-bond acceptors (Lipinski definition) is 3. The molecule has 1 heterocycles. The summed E-state index contributed by atoms with van der Waals surface area (Å²) in [5.74, 6) is 0.219. The molecule has 3 rings (SSSR count). The van der Waals surface area contributed by atoms with E-state index in [1.807, 2.05) is 25.1 Å². The predicted molar refractivity (Wildman–Crippen MR) is 81.1 cm³/mol. The number of nitrogens with one attached hydrogen (secondary N) is 2. The van der Waals surface area contributed by atoms with Crippen molar-refractivity contribution < 1.29 is 9.90 Å². The molecule has 21 heavy (non-hydrogen) atoms. The number of carbonyl (C=O) groups excluding carboxylic acids is 1. The highest BCUT2D eigenvalue weighted by Gasteiger charge is 2.21. The number of aromatic amines is 1. The van der Waals surface area contributed by atoms with Crippen LogP contribution in [0.3, 0.4) is 0 Å². The molecule has 1 saturated carbocycles. The van der Waals surface area contributed by atoms with Gasteiger partial charge in [0, 0.05) is 11.9 Å². The second-order valence-electron chi connectivity index (χ2n) is 6.02. The molecule has 2 unspecified atom stereocenters. The molecule has 2 aromatic rings. The Morgan fingerprint density at radius 2 is 2.33 bits per heavy atom. The van der Waals surface area contributed by atoms with Crippen molar-refractivity contribution in [2.75, 3.05) is 6.54 Å². The molecule has 0 spiro atoms. The smallest absolute Gasteiger partial charge is 0.272 e. The van der Waals surface area contributed by atoms with Gasteiger partial charge >= 0.3 is 0 Å². The zero-order valence-corrected chi connectivity index (χ0v) is 12.2. The van der Waals surface area contributed by atoms with Gasteiger partial charge in [0.2, 0.25) is 0 Å². The Morgan fingerprint density at radius 1 is 1.48 bits per heavy atom. The van der Waals surface area contributed by atoms with Crippen LogP contribution in [0.15, 0.2) is 18.2 Å². The van der Waals surface area contributed by atoms with Crippen LogP contribution in [0.5, 0.6) is 0 Å².